The Morgan fingerprint density at radius 2 is 1.22 bits per heavy atom. The molecule has 2 N–H and O–H groups in total. The maximum atomic E-state index is 12.8. The summed E-state index contributed by atoms with van der Waals surface area (Å²) >= 11 is 0. The van der Waals surface area contributed by atoms with Crippen molar-refractivity contribution in [2.75, 3.05) is 22.9 Å². The number of anilines is 2. The summed E-state index contributed by atoms with van der Waals surface area (Å²) in [6.45, 7) is 5.27. The Balaban J connectivity index is 0.000000816. The number of carbonyl (C=O) groups excluding carboxylic acids is 1. The smallest absolute Gasteiger partial charge is 0.328 e. The Hall–Kier alpha value is -3.00. The molecule has 0 aliphatic heterocycles. The van der Waals surface area contributed by atoms with Crippen LogP contribution in [0.1, 0.15) is 13.8 Å². The van der Waals surface area contributed by atoms with Crippen LogP contribution in [-0.4, -0.2) is 19.1 Å². The number of nitriles is 1. The van der Waals surface area contributed by atoms with Gasteiger partial charge in [0.25, 0.3) is 0 Å². The minimum atomic E-state index is 0.00685. The Labute approximate surface area is 137 Å². The fourth-order valence-electron chi connectivity index (χ4n) is 2.22. The number of para-hydroxylation sites is 2. The molecule has 23 heavy (non-hydrogen) atoms. The van der Waals surface area contributed by atoms with Crippen molar-refractivity contribution < 1.29 is 4.79 Å². The van der Waals surface area contributed by atoms with Gasteiger partial charge in [-0.2, -0.15) is 5.26 Å². The third-order valence-electron chi connectivity index (χ3n) is 3.23. The summed E-state index contributed by atoms with van der Waals surface area (Å²) in [6, 6.07) is 19.5. The van der Waals surface area contributed by atoms with Crippen molar-refractivity contribution in [2.24, 2.45) is 5.73 Å². The van der Waals surface area contributed by atoms with Gasteiger partial charge < -0.3 is 5.73 Å². The molecule has 0 saturated carbocycles. The minimum Gasteiger partial charge on any atom is -0.337 e. The summed E-state index contributed by atoms with van der Waals surface area (Å²) in [6.07, 6.45) is 1.25. The number of hydrogen-bond donors (Lipinski definition) is 1. The van der Waals surface area contributed by atoms with Gasteiger partial charge in [-0.15, -0.1) is 0 Å². The van der Waals surface area contributed by atoms with Gasteiger partial charge in [-0.25, -0.2) is 4.79 Å². The van der Waals surface area contributed by atoms with Crippen molar-refractivity contribution in [3.63, 3.8) is 0 Å². The van der Waals surface area contributed by atoms with E-state index in [-0.39, 0.29) is 6.03 Å². The van der Waals surface area contributed by atoms with Gasteiger partial charge in [0.15, 0.2) is 6.19 Å². The number of carbonyl (C=O) groups is 1. The average Bonchev–Trinajstić information content (AvgIpc) is 2.59. The second-order valence-electron chi connectivity index (χ2n) is 4.57. The number of nitrogens with zero attached hydrogens (tertiary/aromatic N) is 3. The van der Waals surface area contributed by atoms with Crippen LogP contribution in [0.3, 0.4) is 0 Å². The lowest BCUT2D eigenvalue weighted by Crippen LogP contribution is -2.43. The fourth-order valence-corrected chi connectivity index (χ4v) is 2.22. The third kappa shape index (κ3) is 5.04. The first kappa shape index (κ1) is 18.1. The Kier molecular flexibility index (Phi) is 7.73. The predicted molar refractivity (Wildman–Crippen MR) is 94.1 cm³/mol. The molecule has 0 saturated heterocycles. The van der Waals surface area contributed by atoms with E-state index >= 15 is 0 Å². The highest BCUT2D eigenvalue weighted by molar-refractivity contribution is 6.03. The van der Waals surface area contributed by atoms with Crippen molar-refractivity contribution in [2.45, 2.75) is 13.8 Å². The van der Waals surface area contributed by atoms with Crippen LogP contribution < -0.4 is 15.5 Å². The lowest BCUT2D eigenvalue weighted by atomic mass is 10.2. The second kappa shape index (κ2) is 9.85. The van der Waals surface area contributed by atoms with Crippen molar-refractivity contribution in [1.82, 2.24) is 0 Å². The molecule has 5 heteroatoms. The first-order valence-electron chi connectivity index (χ1n) is 7.48. The SMILES string of the molecule is CCN(C(=O)N(CC)c1ccccc1)c1ccccc1.N#CN. The van der Waals surface area contributed by atoms with Gasteiger partial charge in [0, 0.05) is 24.5 Å². The number of benzene rings is 2. The van der Waals surface area contributed by atoms with Gasteiger partial charge in [0.05, 0.1) is 0 Å². The first-order valence-corrected chi connectivity index (χ1v) is 7.48. The number of nitrogens with two attached hydrogens (primary N) is 1. The number of amides is 2. The van der Waals surface area contributed by atoms with Crippen molar-refractivity contribution >= 4 is 17.4 Å². The molecule has 0 unspecified atom stereocenters. The summed E-state index contributed by atoms with van der Waals surface area (Å²) in [5.74, 6) is 0. The minimum absolute atomic E-state index is 0.00685. The third-order valence-corrected chi connectivity index (χ3v) is 3.23. The standard InChI is InChI=1S/C17H20N2O.CH2N2/c1-3-18(15-11-7-5-8-12-15)17(20)19(4-2)16-13-9-6-10-14-16;2-1-3/h5-14H,3-4H2,1-2H3;2H2. The van der Waals surface area contributed by atoms with Crippen LogP contribution in [0.4, 0.5) is 16.2 Å². The molecule has 0 aromatic heterocycles. The molecule has 2 rings (SSSR count). The normalized spacial score (nSPS) is 9.09. The zero-order chi connectivity index (χ0) is 17.1. The van der Waals surface area contributed by atoms with E-state index in [0.29, 0.717) is 13.1 Å². The lowest BCUT2D eigenvalue weighted by Gasteiger charge is -2.29. The van der Waals surface area contributed by atoms with Gasteiger partial charge in [0.1, 0.15) is 0 Å². The van der Waals surface area contributed by atoms with Crippen LogP contribution in [-0.2, 0) is 0 Å². The van der Waals surface area contributed by atoms with Gasteiger partial charge >= 0.3 is 6.03 Å². The number of rotatable bonds is 4. The van der Waals surface area contributed by atoms with Crippen molar-refractivity contribution in [3.05, 3.63) is 60.7 Å². The quantitative estimate of drug-likeness (QED) is 0.693. The van der Waals surface area contributed by atoms with Crippen LogP contribution in [0.5, 0.6) is 0 Å². The number of hydrogen-bond acceptors (Lipinski definition) is 3. The van der Waals surface area contributed by atoms with Gasteiger partial charge in [0.2, 0.25) is 0 Å². The van der Waals surface area contributed by atoms with E-state index in [1.807, 2.05) is 74.5 Å². The van der Waals surface area contributed by atoms with E-state index in [4.69, 9.17) is 5.26 Å². The highest BCUT2D eigenvalue weighted by atomic mass is 16.2. The molecular formula is C18H22N4O. The van der Waals surface area contributed by atoms with Crippen LogP contribution >= 0.6 is 0 Å². The van der Waals surface area contributed by atoms with Gasteiger partial charge in [-0.05, 0) is 38.1 Å². The van der Waals surface area contributed by atoms with Gasteiger partial charge in [-0.3, -0.25) is 9.80 Å². The molecule has 5 nitrogen and oxygen atoms in total. The molecule has 2 aromatic rings. The van der Waals surface area contributed by atoms with E-state index < -0.39 is 0 Å². The summed E-state index contributed by atoms with van der Waals surface area (Å²) in [7, 11) is 0. The molecule has 0 heterocycles. The van der Waals surface area contributed by atoms with Crippen molar-refractivity contribution in [3.8, 4) is 6.19 Å². The van der Waals surface area contributed by atoms with Crippen LogP contribution in [0.2, 0.25) is 0 Å². The molecule has 2 aromatic carbocycles. The summed E-state index contributed by atoms with van der Waals surface area (Å²) in [4.78, 5) is 16.3. The zero-order valence-corrected chi connectivity index (χ0v) is 13.5. The van der Waals surface area contributed by atoms with E-state index in [1.54, 1.807) is 9.80 Å². The maximum Gasteiger partial charge on any atom is 0.328 e. The molecule has 0 bridgehead atoms. The summed E-state index contributed by atoms with van der Waals surface area (Å²) < 4.78 is 0. The van der Waals surface area contributed by atoms with Gasteiger partial charge in [-0.1, -0.05) is 36.4 Å². The Morgan fingerprint density at radius 1 is 0.913 bits per heavy atom. The predicted octanol–water partition coefficient (Wildman–Crippen LogP) is 3.59. The largest absolute Gasteiger partial charge is 0.337 e. The molecular weight excluding hydrogens is 288 g/mol. The molecule has 0 atom stereocenters. The summed E-state index contributed by atoms with van der Waals surface area (Å²) in [5.41, 5.74) is 6.00. The van der Waals surface area contributed by atoms with E-state index in [2.05, 4.69) is 5.73 Å². The Bertz CT molecular complexity index is 573. The topological polar surface area (TPSA) is 73.4 Å². The molecule has 0 fully saturated rings. The summed E-state index contributed by atoms with van der Waals surface area (Å²) in [5, 5.41) is 7.10. The second-order valence-corrected chi connectivity index (χ2v) is 4.57. The molecule has 0 aliphatic carbocycles. The average molecular weight is 310 g/mol. The number of urea groups is 1. The highest BCUT2D eigenvalue weighted by Crippen LogP contribution is 2.19. The van der Waals surface area contributed by atoms with Crippen LogP contribution in [0.25, 0.3) is 0 Å². The van der Waals surface area contributed by atoms with E-state index in [1.165, 1.54) is 6.19 Å². The molecule has 120 valence electrons. The molecule has 0 spiro atoms. The van der Waals surface area contributed by atoms with Crippen LogP contribution in [0.15, 0.2) is 60.7 Å². The van der Waals surface area contributed by atoms with Crippen LogP contribution in [0, 0.1) is 11.5 Å². The van der Waals surface area contributed by atoms with E-state index in [9.17, 15) is 4.79 Å². The Morgan fingerprint density at radius 3 is 1.48 bits per heavy atom. The molecule has 0 aliphatic rings. The monoisotopic (exact) mass is 310 g/mol. The molecule has 2 amide bonds. The van der Waals surface area contributed by atoms with Crippen molar-refractivity contribution in [1.29, 1.82) is 5.26 Å². The lowest BCUT2D eigenvalue weighted by molar-refractivity contribution is 0.252. The zero-order valence-electron chi connectivity index (χ0n) is 13.5. The fraction of sp³-hybridized carbons (Fsp3) is 0.222. The van der Waals surface area contributed by atoms with E-state index in [0.717, 1.165) is 11.4 Å². The molecule has 0 radical (unpaired) electrons. The first-order chi connectivity index (χ1) is 11.2. The maximum absolute atomic E-state index is 12.8. The highest BCUT2D eigenvalue weighted by Gasteiger charge is 2.20.